The van der Waals surface area contributed by atoms with Gasteiger partial charge < -0.3 is 15.4 Å². The van der Waals surface area contributed by atoms with Crippen molar-refractivity contribution in [3.63, 3.8) is 0 Å². The Labute approximate surface area is 98.6 Å². The Kier molecular flexibility index (Phi) is 2.96. The molecule has 0 saturated heterocycles. The van der Waals surface area contributed by atoms with Gasteiger partial charge in [-0.1, -0.05) is 0 Å². The Morgan fingerprint density at radius 3 is 2.59 bits per heavy atom. The minimum Gasteiger partial charge on any atom is -0.508 e. The van der Waals surface area contributed by atoms with Gasteiger partial charge in [0, 0.05) is 23.7 Å². The smallest absolute Gasteiger partial charge is 0.241 e. The van der Waals surface area contributed by atoms with Crippen LogP contribution in [-0.4, -0.2) is 15.6 Å². The van der Waals surface area contributed by atoms with E-state index in [9.17, 15) is 9.90 Å². The number of carbonyl (C=O) groups is 1. The SMILES string of the molecule is NC(=O)/C=C/c1cccn1-c1ccc(O)cc1. The van der Waals surface area contributed by atoms with Crippen LogP contribution in [0.1, 0.15) is 5.69 Å². The molecule has 1 heterocycles. The number of rotatable bonds is 3. The Morgan fingerprint density at radius 2 is 1.94 bits per heavy atom. The van der Waals surface area contributed by atoms with Gasteiger partial charge in [0.1, 0.15) is 5.75 Å². The summed E-state index contributed by atoms with van der Waals surface area (Å²) < 4.78 is 1.89. The van der Waals surface area contributed by atoms with Gasteiger partial charge in [0.15, 0.2) is 0 Å². The van der Waals surface area contributed by atoms with Gasteiger partial charge in [0.25, 0.3) is 0 Å². The standard InChI is InChI=1S/C13H12N2O2/c14-13(17)8-5-10-2-1-9-15(10)11-3-6-12(16)7-4-11/h1-9,16H,(H2,14,17)/b8-5+. The minimum atomic E-state index is -0.483. The fourth-order valence-electron chi connectivity index (χ4n) is 1.55. The number of nitrogens with two attached hydrogens (primary N) is 1. The summed E-state index contributed by atoms with van der Waals surface area (Å²) >= 11 is 0. The molecule has 1 aromatic carbocycles. The molecular weight excluding hydrogens is 216 g/mol. The van der Waals surface area contributed by atoms with Crippen LogP contribution in [-0.2, 0) is 4.79 Å². The van der Waals surface area contributed by atoms with E-state index >= 15 is 0 Å². The van der Waals surface area contributed by atoms with E-state index in [-0.39, 0.29) is 5.75 Å². The lowest BCUT2D eigenvalue weighted by molar-refractivity contribution is -0.113. The molecule has 0 saturated carbocycles. The van der Waals surface area contributed by atoms with E-state index in [1.54, 1.807) is 30.3 Å². The molecule has 2 aromatic rings. The third-order valence-electron chi connectivity index (χ3n) is 2.33. The van der Waals surface area contributed by atoms with Crippen LogP contribution in [0.4, 0.5) is 0 Å². The van der Waals surface area contributed by atoms with Crippen molar-refractivity contribution in [3.8, 4) is 11.4 Å². The summed E-state index contributed by atoms with van der Waals surface area (Å²) in [4.78, 5) is 10.7. The summed E-state index contributed by atoms with van der Waals surface area (Å²) in [6.45, 7) is 0. The molecule has 1 amide bonds. The fraction of sp³-hybridized carbons (Fsp3) is 0. The predicted octanol–water partition coefficient (Wildman–Crippen LogP) is 1.68. The number of amides is 1. The number of aromatic hydroxyl groups is 1. The van der Waals surface area contributed by atoms with Gasteiger partial charge in [-0.25, -0.2) is 0 Å². The molecule has 0 unspecified atom stereocenters. The van der Waals surface area contributed by atoms with Crippen molar-refractivity contribution in [1.82, 2.24) is 4.57 Å². The summed E-state index contributed by atoms with van der Waals surface area (Å²) in [7, 11) is 0. The maximum Gasteiger partial charge on any atom is 0.241 e. The summed E-state index contributed by atoms with van der Waals surface area (Å²) in [6.07, 6.45) is 4.83. The zero-order valence-electron chi connectivity index (χ0n) is 9.08. The van der Waals surface area contributed by atoms with Crippen LogP contribution in [0.2, 0.25) is 0 Å². The van der Waals surface area contributed by atoms with Crippen molar-refractivity contribution in [1.29, 1.82) is 0 Å². The molecule has 0 aliphatic heterocycles. The summed E-state index contributed by atoms with van der Waals surface area (Å²) in [5.74, 6) is -0.265. The third-order valence-corrected chi connectivity index (χ3v) is 2.33. The van der Waals surface area contributed by atoms with Crippen LogP contribution in [0.25, 0.3) is 11.8 Å². The van der Waals surface area contributed by atoms with Crippen LogP contribution in [0, 0.1) is 0 Å². The first kappa shape index (κ1) is 11.0. The van der Waals surface area contributed by atoms with Gasteiger partial charge in [-0.05, 0) is 42.5 Å². The van der Waals surface area contributed by atoms with Gasteiger partial charge >= 0.3 is 0 Å². The largest absolute Gasteiger partial charge is 0.508 e. The van der Waals surface area contributed by atoms with Crippen LogP contribution < -0.4 is 5.73 Å². The molecular formula is C13H12N2O2. The topological polar surface area (TPSA) is 68.2 Å². The molecule has 1 aromatic heterocycles. The first-order valence-electron chi connectivity index (χ1n) is 5.11. The number of hydrogen-bond donors (Lipinski definition) is 2. The van der Waals surface area contributed by atoms with Crippen molar-refractivity contribution in [2.75, 3.05) is 0 Å². The maximum absolute atomic E-state index is 10.7. The molecule has 0 aliphatic rings. The monoisotopic (exact) mass is 228 g/mol. The van der Waals surface area contributed by atoms with Crippen molar-refractivity contribution in [2.24, 2.45) is 5.73 Å². The average Bonchev–Trinajstić information content (AvgIpc) is 2.75. The molecule has 0 atom stereocenters. The number of benzene rings is 1. The van der Waals surface area contributed by atoms with E-state index in [0.29, 0.717) is 0 Å². The van der Waals surface area contributed by atoms with Crippen LogP contribution >= 0.6 is 0 Å². The van der Waals surface area contributed by atoms with Crippen LogP contribution in [0.15, 0.2) is 48.7 Å². The number of aromatic nitrogens is 1. The molecule has 0 radical (unpaired) electrons. The highest BCUT2D eigenvalue weighted by molar-refractivity contribution is 5.90. The van der Waals surface area contributed by atoms with Crippen LogP contribution in [0.5, 0.6) is 5.75 Å². The highest BCUT2D eigenvalue weighted by atomic mass is 16.3. The zero-order chi connectivity index (χ0) is 12.3. The van der Waals surface area contributed by atoms with Crippen LogP contribution in [0.3, 0.4) is 0 Å². The highest BCUT2D eigenvalue weighted by Gasteiger charge is 2.00. The van der Waals surface area contributed by atoms with Crippen molar-refractivity contribution in [2.45, 2.75) is 0 Å². The number of carbonyl (C=O) groups excluding carboxylic acids is 1. The predicted molar refractivity (Wildman–Crippen MR) is 65.7 cm³/mol. The normalized spacial score (nSPS) is 10.8. The zero-order valence-corrected chi connectivity index (χ0v) is 9.08. The van der Waals surface area contributed by atoms with E-state index in [4.69, 9.17) is 5.73 Å². The Balaban J connectivity index is 2.36. The fourth-order valence-corrected chi connectivity index (χ4v) is 1.55. The molecule has 0 bridgehead atoms. The first-order chi connectivity index (χ1) is 8.16. The highest BCUT2D eigenvalue weighted by Crippen LogP contribution is 2.17. The van der Waals surface area contributed by atoms with E-state index in [2.05, 4.69) is 0 Å². The van der Waals surface area contributed by atoms with E-state index < -0.39 is 5.91 Å². The average molecular weight is 228 g/mol. The Morgan fingerprint density at radius 1 is 1.24 bits per heavy atom. The second-order valence-corrected chi connectivity index (χ2v) is 3.56. The molecule has 0 aliphatic carbocycles. The number of nitrogens with zero attached hydrogens (tertiary/aromatic N) is 1. The summed E-state index contributed by atoms with van der Waals surface area (Å²) in [5, 5.41) is 9.22. The second-order valence-electron chi connectivity index (χ2n) is 3.56. The van der Waals surface area contributed by atoms with Gasteiger partial charge in [-0.2, -0.15) is 0 Å². The van der Waals surface area contributed by atoms with Crippen molar-refractivity contribution in [3.05, 3.63) is 54.4 Å². The number of phenolic OH excluding ortho intramolecular Hbond substituents is 1. The molecule has 0 fully saturated rings. The molecule has 2 rings (SSSR count). The van der Waals surface area contributed by atoms with E-state index in [0.717, 1.165) is 11.4 Å². The second kappa shape index (κ2) is 4.57. The van der Waals surface area contributed by atoms with E-state index in [1.165, 1.54) is 6.08 Å². The van der Waals surface area contributed by atoms with Gasteiger partial charge in [-0.15, -0.1) is 0 Å². The molecule has 3 N–H and O–H groups in total. The van der Waals surface area contributed by atoms with Crippen molar-refractivity contribution < 1.29 is 9.90 Å². The van der Waals surface area contributed by atoms with Gasteiger partial charge in [-0.3, -0.25) is 4.79 Å². The third kappa shape index (κ3) is 2.55. The lowest BCUT2D eigenvalue weighted by atomic mass is 10.3. The molecule has 4 heteroatoms. The van der Waals surface area contributed by atoms with E-state index in [1.807, 2.05) is 22.9 Å². The lowest BCUT2D eigenvalue weighted by Crippen LogP contribution is -2.05. The van der Waals surface area contributed by atoms with Crippen molar-refractivity contribution >= 4 is 12.0 Å². The molecule has 4 nitrogen and oxygen atoms in total. The molecule has 0 spiro atoms. The molecule has 86 valence electrons. The number of hydrogen-bond acceptors (Lipinski definition) is 2. The lowest BCUT2D eigenvalue weighted by Gasteiger charge is -2.06. The summed E-state index contributed by atoms with van der Waals surface area (Å²) in [5.41, 5.74) is 6.79. The Bertz CT molecular complexity index is 553. The number of phenols is 1. The van der Waals surface area contributed by atoms with Gasteiger partial charge in [0.2, 0.25) is 5.91 Å². The van der Waals surface area contributed by atoms with Gasteiger partial charge in [0.05, 0.1) is 0 Å². The first-order valence-corrected chi connectivity index (χ1v) is 5.11. The molecule has 17 heavy (non-hydrogen) atoms. The number of primary amides is 1. The maximum atomic E-state index is 10.7. The summed E-state index contributed by atoms with van der Waals surface area (Å²) in [6, 6.07) is 10.5. The quantitative estimate of drug-likeness (QED) is 0.785. The minimum absolute atomic E-state index is 0.218. The Hall–Kier alpha value is -2.49.